The zero-order valence-electron chi connectivity index (χ0n) is 11.1. The summed E-state index contributed by atoms with van der Waals surface area (Å²) in [5.74, 6) is 0.970. The summed E-state index contributed by atoms with van der Waals surface area (Å²) >= 11 is 1.77. The lowest BCUT2D eigenvalue weighted by atomic mass is 10.0. The molecule has 2 N–H and O–H groups in total. The molecule has 0 aliphatic heterocycles. The Morgan fingerprint density at radius 1 is 1.44 bits per heavy atom. The Labute approximate surface area is 112 Å². The molecule has 0 radical (unpaired) electrons. The Kier molecular flexibility index (Phi) is 4.22. The average Bonchev–Trinajstić information content (AvgIpc) is 2.91. The van der Waals surface area contributed by atoms with Crippen LogP contribution in [0.4, 0.5) is 0 Å². The van der Waals surface area contributed by atoms with Crippen molar-refractivity contribution in [3.05, 3.63) is 46.0 Å². The lowest BCUT2D eigenvalue weighted by molar-refractivity contribution is 0.198. The van der Waals surface area contributed by atoms with Gasteiger partial charge in [-0.25, -0.2) is 0 Å². The molecule has 3 nitrogen and oxygen atoms in total. The zero-order valence-corrected chi connectivity index (χ0v) is 11.9. The van der Waals surface area contributed by atoms with E-state index in [1.165, 1.54) is 10.4 Å². The van der Waals surface area contributed by atoms with Crippen molar-refractivity contribution in [1.29, 1.82) is 0 Å². The van der Waals surface area contributed by atoms with Crippen LogP contribution in [-0.4, -0.2) is 18.0 Å². The van der Waals surface area contributed by atoms with E-state index in [9.17, 15) is 0 Å². The molecule has 2 unspecified atom stereocenters. The largest absolute Gasteiger partial charge is 0.468 e. The van der Waals surface area contributed by atoms with Gasteiger partial charge in [-0.15, -0.1) is 11.3 Å². The maximum Gasteiger partial charge on any atom is 0.117 e. The van der Waals surface area contributed by atoms with Crippen LogP contribution in [0.15, 0.2) is 34.3 Å². The standard InChI is InChI=1S/C14H20N2OS/c1-10-6-8-18-14(10)13(11(2)15)16(3)9-12-5-4-7-17-12/h4-8,11,13H,9,15H2,1-3H3. The Hall–Kier alpha value is -1.10. The van der Waals surface area contributed by atoms with Crippen LogP contribution < -0.4 is 5.73 Å². The summed E-state index contributed by atoms with van der Waals surface area (Å²) in [4.78, 5) is 3.60. The first kappa shape index (κ1) is 13.3. The van der Waals surface area contributed by atoms with Gasteiger partial charge >= 0.3 is 0 Å². The highest BCUT2D eigenvalue weighted by Gasteiger charge is 2.24. The molecule has 4 heteroatoms. The van der Waals surface area contributed by atoms with Crippen molar-refractivity contribution in [2.75, 3.05) is 7.05 Å². The van der Waals surface area contributed by atoms with Gasteiger partial charge in [0.15, 0.2) is 0 Å². The van der Waals surface area contributed by atoms with Gasteiger partial charge < -0.3 is 10.2 Å². The van der Waals surface area contributed by atoms with Crippen molar-refractivity contribution in [2.24, 2.45) is 5.73 Å². The summed E-state index contributed by atoms with van der Waals surface area (Å²) in [5, 5.41) is 2.13. The minimum atomic E-state index is 0.0855. The van der Waals surface area contributed by atoms with Crippen molar-refractivity contribution in [1.82, 2.24) is 4.90 Å². The molecule has 0 saturated carbocycles. The normalized spacial score (nSPS) is 14.9. The van der Waals surface area contributed by atoms with Crippen molar-refractivity contribution in [3.63, 3.8) is 0 Å². The van der Waals surface area contributed by atoms with Crippen LogP contribution in [0.1, 0.15) is 29.2 Å². The van der Waals surface area contributed by atoms with Crippen LogP contribution in [0, 0.1) is 6.92 Å². The quantitative estimate of drug-likeness (QED) is 0.902. The van der Waals surface area contributed by atoms with Crippen molar-refractivity contribution >= 4 is 11.3 Å². The number of likely N-dealkylation sites (N-methyl/N-ethyl adjacent to an activating group) is 1. The Morgan fingerprint density at radius 2 is 2.22 bits per heavy atom. The predicted molar refractivity (Wildman–Crippen MR) is 75.6 cm³/mol. The smallest absolute Gasteiger partial charge is 0.117 e. The van der Waals surface area contributed by atoms with E-state index in [0.717, 1.165) is 12.3 Å². The SMILES string of the molecule is Cc1ccsc1C(C(C)N)N(C)Cc1ccco1. The molecule has 0 saturated heterocycles. The third kappa shape index (κ3) is 2.83. The van der Waals surface area contributed by atoms with E-state index >= 15 is 0 Å². The summed E-state index contributed by atoms with van der Waals surface area (Å²) in [7, 11) is 2.09. The minimum absolute atomic E-state index is 0.0855. The number of hydrogen-bond acceptors (Lipinski definition) is 4. The number of hydrogen-bond donors (Lipinski definition) is 1. The van der Waals surface area contributed by atoms with Gasteiger partial charge in [-0.3, -0.25) is 4.90 Å². The van der Waals surface area contributed by atoms with E-state index < -0.39 is 0 Å². The third-order valence-corrected chi connectivity index (χ3v) is 4.22. The topological polar surface area (TPSA) is 42.4 Å². The first-order valence-electron chi connectivity index (χ1n) is 6.11. The number of thiophene rings is 1. The second kappa shape index (κ2) is 5.69. The molecule has 2 heterocycles. The summed E-state index contributed by atoms with van der Waals surface area (Å²) in [6.45, 7) is 4.97. The van der Waals surface area contributed by atoms with Crippen LogP contribution in [-0.2, 0) is 6.54 Å². The highest BCUT2D eigenvalue weighted by Crippen LogP contribution is 2.30. The van der Waals surface area contributed by atoms with Crippen molar-refractivity contribution in [3.8, 4) is 0 Å². The Bertz CT molecular complexity index is 476. The highest BCUT2D eigenvalue weighted by atomic mass is 32.1. The van der Waals surface area contributed by atoms with Crippen LogP contribution >= 0.6 is 11.3 Å². The number of aryl methyl sites for hydroxylation is 1. The molecule has 2 atom stereocenters. The molecule has 0 aliphatic carbocycles. The van der Waals surface area contributed by atoms with Crippen LogP contribution in [0.5, 0.6) is 0 Å². The van der Waals surface area contributed by atoms with Gasteiger partial charge in [-0.2, -0.15) is 0 Å². The van der Waals surface area contributed by atoms with Gasteiger partial charge in [0.2, 0.25) is 0 Å². The maximum absolute atomic E-state index is 6.16. The number of nitrogens with zero attached hydrogens (tertiary/aromatic N) is 1. The fraction of sp³-hybridized carbons (Fsp3) is 0.429. The Balaban J connectivity index is 2.18. The second-order valence-electron chi connectivity index (χ2n) is 4.77. The lowest BCUT2D eigenvalue weighted by Gasteiger charge is -2.30. The van der Waals surface area contributed by atoms with E-state index in [4.69, 9.17) is 10.2 Å². The first-order chi connectivity index (χ1) is 8.59. The van der Waals surface area contributed by atoms with Gasteiger partial charge in [-0.1, -0.05) is 0 Å². The molecule has 0 fully saturated rings. The number of rotatable bonds is 5. The molecule has 0 amide bonds. The summed E-state index contributed by atoms with van der Waals surface area (Å²) in [6, 6.07) is 6.38. The van der Waals surface area contributed by atoms with Crippen molar-refractivity contribution in [2.45, 2.75) is 32.5 Å². The summed E-state index contributed by atoms with van der Waals surface area (Å²) < 4.78 is 5.40. The van der Waals surface area contributed by atoms with E-state index in [0.29, 0.717) is 0 Å². The molecular weight excluding hydrogens is 244 g/mol. The molecule has 0 aliphatic rings. The second-order valence-corrected chi connectivity index (χ2v) is 5.71. The van der Waals surface area contributed by atoms with Crippen LogP contribution in [0.2, 0.25) is 0 Å². The molecule has 0 spiro atoms. The van der Waals surface area contributed by atoms with E-state index in [-0.39, 0.29) is 12.1 Å². The van der Waals surface area contributed by atoms with E-state index in [2.05, 4.69) is 37.2 Å². The molecule has 98 valence electrons. The van der Waals surface area contributed by atoms with Gasteiger partial charge in [0, 0.05) is 10.9 Å². The van der Waals surface area contributed by atoms with Crippen molar-refractivity contribution < 1.29 is 4.42 Å². The molecule has 2 rings (SSSR count). The molecular formula is C14H20N2OS. The van der Waals surface area contributed by atoms with Gasteiger partial charge in [0.25, 0.3) is 0 Å². The first-order valence-corrected chi connectivity index (χ1v) is 6.99. The molecule has 0 aromatic carbocycles. The monoisotopic (exact) mass is 264 g/mol. The summed E-state index contributed by atoms with van der Waals surface area (Å²) in [6.07, 6.45) is 1.71. The third-order valence-electron chi connectivity index (χ3n) is 3.13. The molecule has 2 aromatic heterocycles. The maximum atomic E-state index is 6.16. The van der Waals surface area contributed by atoms with E-state index in [1.54, 1.807) is 17.6 Å². The molecule has 0 bridgehead atoms. The molecule has 2 aromatic rings. The zero-order chi connectivity index (χ0) is 13.1. The van der Waals surface area contributed by atoms with Gasteiger partial charge in [0.05, 0.1) is 18.8 Å². The fourth-order valence-electron chi connectivity index (χ4n) is 2.27. The van der Waals surface area contributed by atoms with Crippen LogP contribution in [0.3, 0.4) is 0 Å². The number of furan rings is 1. The lowest BCUT2D eigenvalue weighted by Crippen LogP contribution is -2.36. The van der Waals surface area contributed by atoms with Gasteiger partial charge in [0.1, 0.15) is 5.76 Å². The van der Waals surface area contributed by atoms with Gasteiger partial charge in [-0.05, 0) is 50.0 Å². The average molecular weight is 264 g/mol. The Morgan fingerprint density at radius 3 is 2.72 bits per heavy atom. The summed E-state index contributed by atoms with van der Waals surface area (Å²) in [5.41, 5.74) is 7.47. The predicted octanol–water partition coefficient (Wildman–Crippen LogP) is 3.17. The minimum Gasteiger partial charge on any atom is -0.468 e. The van der Waals surface area contributed by atoms with E-state index in [1.807, 2.05) is 12.1 Å². The molecule has 18 heavy (non-hydrogen) atoms. The van der Waals surface area contributed by atoms with Crippen LogP contribution in [0.25, 0.3) is 0 Å². The highest BCUT2D eigenvalue weighted by molar-refractivity contribution is 7.10. The fourth-order valence-corrected chi connectivity index (χ4v) is 3.48. The number of nitrogens with two attached hydrogens (primary N) is 1.